The zero-order valence-electron chi connectivity index (χ0n) is 23.4. The number of H-pyrrole nitrogens is 1. The Balaban J connectivity index is 1.56. The molecule has 1 aliphatic heterocycles. The Hall–Kier alpha value is -4.59. The van der Waals surface area contributed by atoms with Gasteiger partial charge in [-0.1, -0.05) is 12.1 Å². The number of aromatic nitrogens is 2. The molecule has 41 heavy (non-hydrogen) atoms. The lowest BCUT2D eigenvalue weighted by Gasteiger charge is -2.38. The number of ether oxygens (including phenoxy) is 1. The Morgan fingerprint density at radius 2 is 1.93 bits per heavy atom. The number of carbonyl (C=O) groups is 2. The summed E-state index contributed by atoms with van der Waals surface area (Å²) in [5, 5.41) is 18.4. The van der Waals surface area contributed by atoms with Crippen LogP contribution in [0.2, 0.25) is 0 Å². The molecular formula is C30H31F2N5O4. The first-order valence-corrected chi connectivity index (χ1v) is 13.2. The summed E-state index contributed by atoms with van der Waals surface area (Å²) in [5.74, 6) is -2.82. The quantitative estimate of drug-likeness (QED) is 0.423. The Labute approximate surface area is 236 Å². The molecule has 4 rings (SSSR count). The fourth-order valence-corrected chi connectivity index (χ4v) is 5.17. The predicted octanol–water partition coefficient (Wildman–Crippen LogP) is 4.86. The zero-order chi connectivity index (χ0) is 30.1. The second kappa shape index (κ2) is 11.5. The molecule has 3 aromatic rings. The third-order valence-electron chi connectivity index (χ3n) is 7.31. The third-order valence-corrected chi connectivity index (χ3v) is 7.31. The summed E-state index contributed by atoms with van der Waals surface area (Å²) in [4.78, 5) is 40.5. The molecule has 2 N–H and O–H groups in total. The van der Waals surface area contributed by atoms with Gasteiger partial charge in [0.25, 0.3) is 5.91 Å². The molecule has 2 heterocycles. The van der Waals surface area contributed by atoms with Crippen molar-refractivity contribution in [1.82, 2.24) is 20.4 Å². The molecule has 0 saturated carbocycles. The molecule has 9 nitrogen and oxygen atoms in total. The highest BCUT2D eigenvalue weighted by atomic mass is 19.1. The van der Waals surface area contributed by atoms with Crippen LogP contribution in [0, 0.1) is 42.2 Å². The van der Waals surface area contributed by atoms with Crippen molar-refractivity contribution in [1.29, 1.82) is 5.26 Å². The van der Waals surface area contributed by atoms with Gasteiger partial charge in [-0.05, 0) is 82.9 Å². The van der Waals surface area contributed by atoms with E-state index in [-0.39, 0.29) is 22.6 Å². The summed E-state index contributed by atoms with van der Waals surface area (Å²) in [5.41, 5.74) is -0.268. The average Bonchev–Trinajstić information content (AvgIpc) is 3.38. The Bertz CT molecular complexity index is 1570. The van der Waals surface area contributed by atoms with Crippen LogP contribution >= 0.6 is 0 Å². The maximum absolute atomic E-state index is 15.1. The van der Waals surface area contributed by atoms with E-state index in [1.54, 1.807) is 37.8 Å². The van der Waals surface area contributed by atoms with Crippen LogP contribution in [0.1, 0.15) is 66.8 Å². The maximum atomic E-state index is 15.1. The van der Waals surface area contributed by atoms with E-state index in [0.717, 1.165) is 6.07 Å². The van der Waals surface area contributed by atoms with E-state index < -0.39 is 52.5 Å². The minimum absolute atomic E-state index is 0.0520. The molecule has 0 aliphatic carbocycles. The number of rotatable bonds is 7. The molecule has 2 aromatic carbocycles. The van der Waals surface area contributed by atoms with Gasteiger partial charge in [0, 0.05) is 11.6 Å². The molecule has 1 aromatic heterocycles. The van der Waals surface area contributed by atoms with Gasteiger partial charge in [0.15, 0.2) is 17.3 Å². The highest BCUT2D eigenvalue weighted by molar-refractivity contribution is 5.98. The number of nitrogens with zero attached hydrogens (tertiary/aromatic N) is 3. The molecule has 1 aliphatic rings. The second-order valence-corrected chi connectivity index (χ2v) is 10.8. The fourth-order valence-electron chi connectivity index (χ4n) is 5.17. The predicted molar refractivity (Wildman–Crippen MR) is 146 cm³/mol. The number of hydrogen-bond donors (Lipinski definition) is 2. The number of likely N-dealkylation sites (tertiary alicyclic amines) is 1. The zero-order valence-corrected chi connectivity index (χ0v) is 23.4. The van der Waals surface area contributed by atoms with Crippen molar-refractivity contribution >= 4 is 11.8 Å². The minimum Gasteiger partial charge on any atom is -0.448 e. The van der Waals surface area contributed by atoms with Crippen molar-refractivity contribution in [2.24, 2.45) is 5.41 Å². The number of amides is 2. The third kappa shape index (κ3) is 6.11. The smallest absolute Gasteiger partial charge is 0.307 e. The molecule has 214 valence electrons. The van der Waals surface area contributed by atoms with Crippen LogP contribution in [0.3, 0.4) is 0 Å². The summed E-state index contributed by atoms with van der Waals surface area (Å²) in [6.45, 7) is 8.15. The fraction of sp³-hybridized carbons (Fsp3) is 0.367. The minimum atomic E-state index is -1.04. The van der Waals surface area contributed by atoms with Gasteiger partial charge in [0.1, 0.15) is 11.9 Å². The van der Waals surface area contributed by atoms with Crippen molar-refractivity contribution in [3.63, 3.8) is 0 Å². The van der Waals surface area contributed by atoms with E-state index in [9.17, 15) is 24.0 Å². The van der Waals surface area contributed by atoms with Gasteiger partial charge in [-0.15, -0.1) is 0 Å². The van der Waals surface area contributed by atoms with Crippen LogP contribution < -0.4 is 15.6 Å². The SMILES string of the molecule is Cc1cc(Oc2c(C)cc(C(=O)N[C@H](C)C(=O)N3[C@H](c4cccc(F)c4)CC[C@@H]3C(C)(C)C#N)cc2F)c(=O)[nH]n1. The van der Waals surface area contributed by atoms with Crippen LogP contribution in [0.15, 0.2) is 47.3 Å². The second-order valence-electron chi connectivity index (χ2n) is 10.8. The van der Waals surface area contributed by atoms with Crippen LogP contribution in [-0.2, 0) is 4.79 Å². The molecule has 1 fully saturated rings. The summed E-state index contributed by atoms with van der Waals surface area (Å²) in [7, 11) is 0. The number of nitrogens with one attached hydrogen (secondary N) is 2. The van der Waals surface area contributed by atoms with E-state index in [1.165, 1.54) is 38.1 Å². The van der Waals surface area contributed by atoms with Gasteiger partial charge in [0.05, 0.1) is 29.3 Å². The van der Waals surface area contributed by atoms with Crippen LogP contribution in [0.25, 0.3) is 0 Å². The highest BCUT2D eigenvalue weighted by Crippen LogP contribution is 2.43. The lowest BCUT2D eigenvalue weighted by molar-refractivity contribution is -0.137. The molecular weight excluding hydrogens is 532 g/mol. The van der Waals surface area contributed by atoms with Gasteiger partial charge in [0.2, 0.25) is 5.91 Å². The molecule has 0 spiro atoms. The van der Waals surface area contributed by atoms with Crippen molar-refractivity contribution in [3.8, 4) is 17.6 Å². The largest absolute Gasteiger partial charge is 0.448 e. The first-order valence-electron chi connectivity index (χ1n) is 13.2. The van der Waals surface area contributed by atoms with Crippen molar-refractivity contribution in [2.75, 3.05) is 0 Å². The number of aryl methyl sites for hydroxylation is 2. The number of aromatic amines is 1. The normalized spacial score (nSPS) is 17.6. The van der Waals surface area contributed by atoms with E-state index in [0.29, 0.717) is 24.1 Å². The first kappa shape index (κ1) is 29.4. The first-order chi connectivity index (χ1) is 19.3. The van der Waals surface area contributed by atoms with Gasteiger partial charge in [-0.25, -0.2) is 13.9 Å². The monoisotopic (exact) mass is 563 g/mol. The van der Waals surface area contributed by atoms with Gasteiger partial charge in [-0.3, -0.25) is 14.4 Å². The summed E-state index contributed by atoms with van der Waals surface area (Å²) >= 11 is 0. The number of benzene rings is 2. The molecule has 2 amide bonds. The molecule has 0 unspecified atom stereocenters. The van der Waals surface area contributed by atoms with Crippen molar-refractivity contribution < 1.29 is 23.1 Å². The Morgan fingerprint density at radius 3 is 2.59 bits per heavy atom. The summed E-state index contributed by atoms with van der Waals surface area (Å²) in [6, 6.07) is 9.98. The summed E-state index contributed by atoms with van der Waals surface area (Å²) in [6.07, 6.45) is 1.05. The van der Waals surface area contributed by atoms with Crippen LogP contribution in [-0.4, -0.2) is 39.0 Å². The van der Waals surface area contributed by atoms with Gasteiger partial charge < -0.3 is 15.0 Å². The van der Waals surface area contributed by atoms with Gasteiger partial charge in [-0.2, -0.15) is 10.4 Å². The van der Waals surface area contributed by atoms with E-state index in [2.05, 4.69) is 21.6 Å². The lowest BCUT2D eigenvalue weighted by Crippen LogP contribution is -2.52. The molecule has 3 atom stereocenters. The number of nitriles is 1. The number of carbonyl (C=O) groups excluding carboxylic acids is 2. The molecule has 0 bridgehead atoms. The Morgan fingerprint density at radius 1 is 1.20 bits per heavy atom. The van der Waals surface area contributed by atoms with E-state index >= 15 is 4.39 Å². The van der Waals surface area contributed by atoms with E-state index in [4.69, 9.17) is 4.74 Å². The molecule has 11 heteroatoms. The summed E-state index contributed by atoms with van der Waals surface area (Å²) < 4.78 is 34.6. The van der Waals surface area contributed by atoms with Crippen LogP contribution in [0.4, 0.5) is 8.78 Å². The van der Waals surface area contributed by atoms with Crippen LogP contribution in [0.5, 0.6) is 11.5 Å². The van der Waals surface area contributed by atoms with E-state index in [1.807, 2.05) is 0 Å². The Kier molecular flexibility index (Phi) is 8.24. The number of halogens is 2. The molecule has 1 saturated heterocycles. The average molecular weight is 564 g/mol. The molecule has 0 radical (unpaired) electrons. The van der Waals surface area contributed by atoms with Gasteiger partial charge >= 0.3 is 5.56 Å². The maximum Gasteiger partial charge on any atom is 0.307 e. The number of hydrogen-bond acceptors (Lipinski definition) is 6. The topological polar surface area (TPSA) is 128 Å². The van der Waals surface area contributed by atoms with Crippen molar-refractivity contribution in [3.05, 3.63) is 86.8 Å². The lowest BCUT2D eigenvalue weighted by atomic mass is 9.84. The highest BCUT2D eigenvalue weighted by Gasteiger charge is 2.46. The standard InChI is InChI=1S/C30H31F2N5O4/c1-16-11-20(14-22(32)26(16)41-24-12-17(2)35-36-28(24)39)27(38)34-18(3)29(40)37-23(19-7-6-8-21(31)13-19)9-10-25(37)30(4,5)15-33/h6-8,11-14,18,23,25H,9-10H2,1-5H3,(H,34,38)(H,36,39)/t18-,23+,25-/m1/s1. The van der Waals surface area contributed by atoms with Crippen molar-refractivity contribution in [2.45, 2.75) is 65.6 Å².